The van der Waals surface area contributed by atoms with Crippen molar-refractivity contribution < 1.29 is 33.0 Å². The summed E-state index contributed by atoms with van der Waals surface area (Å²) < 4.78 is 30.8. The molecule has 2 heterocycles. The molecule has 226 valence electrons. The summed E-state index contributed by atoms with van der Waals surface area (Å²) in [4.78, 5) is 27.4. The first-order valence-electron chi connectivity index (χ1n) is 14.9. The highest BCUT2D eigenvalue weighted by molar-refractivity contribution is 6.73. The number of hydrogen-bond donors (Lipinski definition) is 0. The molecule has 0 N–H and O–H groups in total. The van der Waals surface area contributed by atoms with Crippen molar-refractivity contribution in [3.8, 4) is 0 Å². The molecule has 0 unspecified atom stereocenters. The first kappa shape index (κ1) is 33.8. The molecular weight excluding hydrogens is 514 g/mol. The zero-order chi connectivity index (χ0) is 29.8. The van der Waals surface area contributed by atoms with Crippen molar-refractivity contribution in [1.82, 2.24) is 4.90 Å². The van der Waals surface area contributed by atoms with Crippen molar-refractivity contribution in [1.29, 1.82) is 0 Å². The van der Waals surface area contributed by atoms with Crippen LogP contribution in [0.5, 0.6) is 0 Å². The van der Waals surface area contributed by atoms with Crippen LogP contribution in [0.4, 0.5) is 4.79 Å². The van der Waals surface area contributed by atoms with Gasteiger partial charge in [0.15, 0.2) is 8.32 Å². The van der Waals surface area contributed by atoms with Crippen LogP contribution in [0.1, 0.15) is 89.5 Å². The van der Waals surface area contributed by atoms with E-state index in [4.69, 9.17) is 23.4 Å². The predicted molar refractivity (Wildman–Crippen MR) is 156 cm³/mol. The number of rotatable bonds is 10. The van der Waals surface area contributed by atoms with Crippen molar-refractivity contribution >= 4 is 20.4 Å². The average molecular weight is 570 g/mol. The lowest BCUT2D eigenvalue weighted by Gasteiger charge is -2.48. The number of carbonyl (C=O) groups excluding carboxylic acids is 2. The average Bonchev–Trinajstić information content (AvgIpc) is 3.14. The van der Waals surface area contributed by atoms with Crippen molar-refractivity contribution in [2.24, 2.45) is 11.8 Å². The van der Waals surface area contributed by atoms with Crippen LogP contribution < -0.4 is 0 Å². The highest BCUT2D eigenvalue weighted by atomic mass is 28.4. The topological polar surface area (TPSA) is 83.5 Å². The van der Waals surface area contributed by atoms with Gasteiger partial charge in [0.25, 0.3) is 0 Å². The Bertz CT molecular complexity index is 856. The first-order chi connectivity index (χ1) is 18.0. The Morgan fingerprint density at radius 3 is 2.15 bits per heavy atom. The van der Waals surface area contributed by atoms with Crippen LogP contribution in [0.25, 0.3) is 0 Å². The lowest BCUT2D eigenvalue weighted by Crippen LogP contribution is -2.55. The lowest BCUT2D eigenvalue weighted by molar-refractivity contribution is -0.166. The molecule has 6 atom stereocenters. The maximum absolute atomic E-state index is 13.2. The number of hydrogen-bond acceptors (Lipinski definition) is 7. The normalized spacial score (nSPS) is 29.8. The van der Waals surface area contributed by atoms with Gasteiger partial charge >= 0.3 is 12.1 Å². The van der Waals surface area contributed by atoms with E-state index in [1.165, 1.54) is 0 Å². The van der Waals surface area contributed by atoms with Gasteiger partial charge in [-0.1, -0.05) is 40.7 Å². The zero-order valence-corrected chi connectivity index (χ0v) is 27.6. The van der Waals surface area contributed by atoms with Crippen molar-refractivity contribution in [3.05, 3.63) is 11.6 Å². The van der Waals surface area contributed by atoms with E-state index in [1.807, 2.05) is 48.5 Å². The number of amides is 1. The van der Waals surface area contributed by atoms with Crippen LogP contribution in [0.2, 0.25) is 18.1 Å². The van der Waals surface area contributed by atoms with Crippen LogP contribution in [-0.4, -0.2) is 74.2 Å². The van der Waals surface area contributed by atoms with Gasteiger partial charge in [0.1, 0.15) is 11.3 Å². The summed E-state index contributed by atoms with van der Waals surface area (Å²) in [5.41, 5.74) is -0.423. The second-order valence-electron chi connectivity index (χ2n) is 12.7. The summed E-state index contributed by atoms with van der Waals surface area (Å²) in [6, 6.07) is 2.86. The molecular formula is C30H55NO7Si. The number of esters is 1. The van der Waals surface area contributed by atoms with Gasteiger partial charge in [-0.15, -0.1) is 0 Å². The molecule has 0 bridgehead atoms. The van der Waals surface area contributed by atoms with E-state index < -0.39 is 25.7 Å². The summed E-state index contributed by atoms with van der Waals surface area (Å²) in [6.07, 6.45) is 1.21. The molecule has 2 aliphatic heterocycles. The van der Waals surface area contributed by atoms with Gasteiger partial charge in [-0.05, 0) is 72.2 Å². The van der Waals surface area contributed by atoms with Gasteiger partial charge in [0.05, 0.1) is 44.0 Å². The van der Waals surface area contributed by atoms with Gasteiger partial charge in [-0.2, -0.15) is 0 Å². The largest absolute Gasteiger partial charge is 0.466 e. The minimum atomic E-state index is -1.92. The van der Waals surface area contributed by atoms with Crippen LogP contribution in [0, 0.1) is 11.8 Å². The maximum Gasteiger partial charge on any atom is 0.413 e. The standard InChI is InChI=1S/C30H55NO7Si/c1-13-34-25(32)18-24-21(6)27(38-39(14-2,15-3)16-4)22(7)26(36-24)20(5)17-23-19-35-30(11,12)31(23)28(33)37-29(8,9)10/h17,21-24,26-27H,13-16,18-19H2,1-12H3/b20-17+/t21-,22-,23+,24-,26-,27-/m0/s1. The third-order valence-corrected chi connectivity index (χ3v) is 13.1. The Balaban J connectivity index is 2.42. The molecule has 9 heteroatoms. The number of nitrogens with zero attached hydrogens (tertiary/aromatic N) is 1. The van der Waals surface area contributed by atoms with Gasteiger partial charge in [-0.25, -0.2) is 4.79 Å². The van der Waals surface area contributed by atoms with Crippen LogP contribution in [-0.2, 0) is 28.2 Å². The van der Waals surface area contributed by atoms with Crippen LogP contribution >= 0.6 is 0 Å². The van der Waals surface area contributed by atoms with E-state index >= 15 is 0 Å². The van der Waals surface area contributed by atoms with E-state index in [2.05, 4.69) is 40.7 Å². The Labute approximate surface area is 238 Å². The van der Waals surface area contributed by atoms with Gasteiger partial charge < -0.3 is 23.4 Å². The molecule has 2 aliphatic rings. The van der Waals surface area contributed by atoms with E-state index in [0.29, 0.717) is 13.2 Å². The molecule has 2 rings (SSSR count). The van der Waals surface area contributed by atoms with Crippen molar-refractivity contribution in [2.75, 3.05) is 13.2 Å². The smallest absolute Gasteiger partial charge is 0.413 e. The van der Waals surface area contributed by atoms with Crippen LogP contribution in [0.15, 0.2) is 11.6 Å². The zero-order valence-electron chi connectivity index (χ0n) is 26.6. The fraction of sp³-hybridized carbons (Fsp3) is 0.867. The monoisotopic (exact) mass is 569 g/mol. The third-order valence-electron chi connectivity index (χ3n) is 8.43. The summed E-state index contributed by atoms with van der Waals surface area (Å²) in [7, 11) is -1.92. The fourth-order valence-electron chi connectivity index (χ4n) is 5.96. The first-order valence-corrected chi connectivity index (χ1v) is 17.4. The van der Waals surface area contributed by atoms with Crippen molar-refractivity contribution in [2.45, 2.75) is 143 Å². The second-order valence-corrected chi connectivity index (χ2v) is 17.5. The molecule has 39 heavy (non-hydrogen) atoms. The molecule has 1 amide bonds. The second kappa shape index (κ2) is 13.5. The molecule has 0 radical (unpaired) electrons. The van der Waals surface area contributed by atoms with Crippen LogP contribution in [0.3, 0.4) is 0 Å². The molecule has 8 nitrogen and oxygen atoms in total. The lowest BCUT2D eigenvalue weighted by atomic mass is 9.79. The third kappa shape index (κ3) is 8.30. The number of carbonyl (C=O) groups is 2. The quantitative estimate of drug-likeness (QED) is 0.165. The van der Waals surface area contributed by atoms with Gasteiger partial charge in [0, 0.05) is 11.8 Å². The highest BCUT2D eigenvalue weighted by Gasteiger charge is 2.48. The molecule has 0 aromatic rings. The maximum atomic E-state index is 13.2. The minimum Gasteiger partial charge on any atom is -0.466 e. The Hall–Kier alpha value is -1.42. The Morgan fingerprint density at radius 1 is 1.05 bits per heavy atom. The predicted octanol–water partition coefficient (Wildman–Crippen LogP) is 6.69. The molecule has 0 saturated carbocycles. The molecule has 2 saturated heterocycles. The molecule has 0 aromatic heterocycles. The molecule has 2 fully saturated rings. The Morgan fingerprint density at radius 2 is 1.64 bits per heavy atom. The number of ether oxygens (including phenoxy) is 4. The van der Waals surface area contributed by atoms with Gasteiger partial charge in [0.2, 0.25) is 0 Å². The summed E-state index contributed by atoms with van der Waals surface area (Å²) in [6.45, 7) is 24.9. The van der Waals surface area contributed by atoms with E-state index in [1.54, 1.807) is 4.90 Å². The Kier molecular flexibility index (Phi) is 11.7. The fourth-order valence-corrected chi connectivity index (χ4v) is 8.97. The van der Waals surface area contributed by atoms with E-state index in [-0.39, 0.29) is 48.6 Å². The molecule has 0 spiro atoms. The van der Waals surface area contributed by atoms with Crippen molar-refractivity contribution in [3.63, 3.8) is 0 Å². The van der Waals surface area contributed by atoms with Gasteiger partial charge in [-0.3, -0.25) is 9.69 Å². The molecule has 0 aromatic carbocycles. The van der Waals surface area contributed by atoms with E-state index in [9.17, 15) is 9.59 Å². The summed E-state index contributed by atoms with van der Waals surface area (Å²) in [5.74, 6) is -0.149. The van der Waals surface area contributed by atoms with E-state index in [0.717, 1.165) is 23.7 Å². The summed E-state index contributed by atoms with van der Waals surface area (Å²) >= 11 is 0. The minimum absolute atomic E-state index is 0.0389. The SMILES string of the molecule is CCOC(=O)C[C@@H]1O[C@@H](/C(C)=C/[C@@H]2COC(C)(C)N2C(=O)OC(C)(C)C)[C@H](C)[C@@H](O[Si](CC)(CC)CC)[C@H]1C. The summed E-state index contributed by atoms with van der Waals surface area (Å²) in [5, 5.41) is 0. The highest BCUT2D eigenvalue weighted by Crippen LogP contribution is 2.40. The molecule has 0 aliphatic carbocycles.